The van der Waals surface area contributed by atoms with E-state index in [9.17, 15) is 19.2 Å². The molecule has 0 radical (unpaired) electrons. The zero-order chi connectivity index (χ0) is 18.9. The van der Waals surface area contributed by atoms with E-state index < -0.39 is 34.3 Å². The molecule has 138 valence electrons. The SMILES string of the molecule is CCOC(=O)C(NC(=O)CC)C(C)(C)SC(=O)CC(=O)OC(C)C. The second-order valence-corrected chi connectivity index (χ2v) is 7.61. The van der Waals surface area contributed by atoms with Gasteiger partial charge in [-0.25, -0.2) is 4.79 Å². The predicted octanol–water partition coefficient (Wildman–Crippen LogP) is 1.82. The molecule has 7 nitrogen and oxygen atoms in total. The molecule has 0 rings (SSSR count). The van der Waals surface area contributed by atoms with Crippen molar-refractivity contribution < 1.29 is 28.7 Å². The van der Waals surface area contributed by atoms with Crippen LogP contribution in [0, 0.1) is 0 Å². The van der Waals surface area contributed by atoms with Crippen LogP contribution >= 0.6 is 11.8 Å². The van der Waals surface area contributed by atoms with E-state index in [0.29, 0.717) is 0 Å². The van der Waals surface area contributed by atoms with Gasteiger partial charge >= 0.3 is 11.9 Å². The molecule has 0 saturated carbocycles. The number of esters is 2. The van der Waals surface area contributed by atoms with Crippen molar-refractivity contribution in [1.82, 2.24) is 5.32 Å². The maximum absolute atomic E-state index is 12.1. The van der Waals surface area contributed by atoms with Gasteiger partial charge in [-0.2, -0.15) is 0 Å². The molecular formula is C16H27NO6S. The molecule has 1 N–H and O–H groups in total. The van der Waals surface area contributed by atoms with Crippen molar-refractivity contribution in [3.63, 3.8) is 0 Å². The van der Waals surface area contributed by atoms with Gasteiger partial charge in [0.1, 0.15) is 12.5 Å². The first-order valence-corrected chi connectivity index (χ1v) is 8.72. The summed E-state index contributed by atoms with van der Waals surface area (Å²) >= 11 is 0.817. The van der Waals surface area contributed by atoms with Crippen LogP contribution in [0.3, 0.4) is 0 Å². The van der Waals surface area contributed by atoms with E-state index >= 15 is 0 Å². The highest BCUT2D eigenvalue weighted by molar-refractivity contribution is 8.14. The lowest BCUT2D eigenvalue weighted by molar-refractivity contribution is -0.148. The minimum Gasteiger partial charge on any atom is -0.464 e. The van der Waals surface area contributed by atoms with Crippen LogP contribution in [-0.2, 0) is 28.7 Å². The van der Waals surface area contributed by atoms with E-state index in [1.165, 1.54) is 0 Å². The number of hydrogen-bond donors (Lipinski definition) is 1. The summed E-state index contributed by atoms with van der Waals surface area (Å²) in [4.78, 5) is 47.5. The second kappa shape index (κ2) is 10.3. The van der Waals surface area contributed by atoms with Crippen molar-refractivity contribution in [1.29, 1.82) is 0 Å². The van der Waals surface area contributed by atoms with Gasteiger partial charge in [-0.1, -0.05) is 18.7 Å². The van der Waals surface area contributed by atoms with Crippen LogP contribution in [0.15, 0.2) is 0 Å². The number of amides is 1. The van der Waals surface area contributed by atoms with Crippen LogP contribution in [-0.4, -0.2) is 46.5 Å². The Balaban J connectivity index is 5.02. The lowest BCUT2D eigenvalue weighted by Crippen LogP contribution is -2.53. The molecule has 1 amide bonds. The molecule has 0 aliphatic heterocycles. The largest absolute Gasteiger partial charge is 0.464 e. The van der Waals surface area contributed by atoms with Crippen molar-refractivity contribution in [2.45, 2.75) is 71.3 Å². The van der Waals surface area contributed by atoms with Gasteiger partial charge in [0.05, 0.1) is 12.7 Å². The molecule has 1 atom stereocenters. The molecule has 8 heteroatoms. The van der Waals surface area contributed by atoms with E-state index in [1.54, 1.807) is 41.5 Å². The fourth-order valence-electron chi connectivity index (χ4n) is 1.82. The maximum atomic E-state index is 12.1. The fourth-order valence-corrected chi connectivity index (χ4v) is 2.87. The molecule has 0 aliphatic carbocycles. The lowest BCUT2D eigenvalue weighted by atomic mass is 10.0. The van der Waals surface area contributed by atoms with Gasteiger partial charge in [0.15, 0.2) is 0 Å². The van der Waals surface area contributed by atoms with Crippen LogP contribution in [0.4, 0.5) is 0 Å². The van der Waals surface area contributed by atoms with Crippen LogP contribution in [0.2, 0.25) is 0 Å². The Morgan fingerprint density at radius 1 is 1.12 bits per heavy atom. The number of hydrogen-bond acceptors (Lipinski definition) is 7. The Labute approximate surface area is 147 Å². The highest BCUT2D eigenvalue weighted by Gasteiger charge is 2.40. The molecule has 0 aromatic heterocycles. The van der Waals surface area contributed by atoms with Crippen molar-refractivity contribution in [2.24, 2.45) is 0 Å². The Morgan fingerprint density at radius 3 is 2.17 bits per heavy atom. The summed E-state index contributed by atoms with van der Waals surface area (Å²) in [5.41, 5.74) is 0. The third kappa shape index (κ3) is 8.33. The zero-order valence-corrected chi connectivity index (χ0v) is 16.0. The quantitative estimate of drug-likeness (QED) is 0.494. The smallest absolute Gasteiger partial charge is 0.330 e. The Kier molecular flexibility index (Phi) is 9.65. The van der Waals surface area contributed by atoms with Crippen molar-refractivity contribution in [3.8, 4) is 0 Å². The molecule has 0 aromatic rings. The average molecular weight is 361 g/mol. The second-order valence-electron chi connectivity index (χ2n) is 5.90. The van der Waals surface area contributed by atoms with Gasteiger partial charge in [0.25, 0.3) is 0 Å². The van der Waals surface area contributed by atoms with Crippen molar-refractivity contribution >= 4 is 34.7 Å². The Hall–Kier alpha value is -1.57. The first-order chi connectivity index (χ1) is 11.0. The lowest BCUT2D eigenvalue weighted by Gasteiger charge is -2.31. The fraction of sp³-hybridized carbons (Fsp3) is 0.750. The van der Waals surface area contributed by atoms with Gasteiger partial charge in [0, 0.05) is 11.2 Å². The van der Waals surface area contributed by atoms with Crippen molar-refractivity contribution in [2.75, 3.05) is 6.61 Å². The monoisotopic (exact) mass is 361 g/mol. The first-order valence-electron chi connectivity index (χ1n) is 7.90. The van der Waals surface area contributed by atoms with Gasteiger partial charge in [-0.15, -0.1) is 0 Å². The summed E-state index contributed by atoms with van der Waals surface area (Å²) in [6.45, 7) is 10.1. The van der Waals surface area contributed by atoms with Gasteiger partial charge < -0.3 is 14.8 Å². The number of carbonyl (C=O) groups is 4. The predicted molar refractivity (Wildman–Crippen MR) is 91.4 cm³/mol. The van der Waals surface area contributed by atoms with Crippen LogP contribution in [0.5, 0.6) is 0 Å². The minimum absolute atomic E-state index is 0.159. The first kappa shape index (κ1) is 22.4. The molecule has 0 fully saturated rings. The summed E-state index contributed by atoms with van der Waals surface area (Å²) in [7, 11) is 0. The molecule has 0 bridgehead atoms. The average Bonchev–Trinajstić information content (AvgIpc) is 2.42. The normalized spacial score (nSPS) is 12.5. The maximum Gasteiger partial charge on any atom is 0.330 e. The number of ether oxygens (including phenoxy) is 2. The molecule has 1 unspecified atom stereocenters. The number of rotatable bonds is 9. The van der Waals surface area contributed by atoms with E-state index in [4.69, 9.17) is 9.47 Å². The summed E-state index contributed by atoms with van der Waals surface area (Å²) in [5, 5.41) is 2.14. The highest BCUT2D eigenvalue weighted by atomic mass is 32.2. The standard InChI is InChI=1S/C16H27NO6S/c1-7-11(18)17-14(15(21)22-8-2)16(5,6)24-13(20)9-12(19)23-10(3)4/h10,14H,7-9H2,1-6H3,(H,17,18). The van der Waals surface area contributed by atoms with Gasteiger partial charge in [0.2, 0.25) is 11.0 Å². The topological polar surface area (TPSA) is 98.8 Å². The molecule has 0 aromatic carbocycles. The summed E-state index contributed by atoms with van der Waals surface area (Å²) < 4.78 is 8.93. The third-order valence-corrected chi connectivity index (χ3v) is 4.01. The molecule has 0 saturated heterocycles. The summed E-state index contributed by atoms with van der Waals surface area (Å²) in [5.74, 6) is -1.56. The van der Waals surface area contributed by atoms with Crippen LogP contribution in [0.1, 0.15) is 54.4 Å². The van der Waals surface area contributed by atoms with E-state index in [-0.39, 0.29) is 25.0 Å². The number of thioether (sulfide) groups is 1. The molecule has 0 spiro atoms. The summed E-state index contributed by atoms with van der Waals surface area (Å²) in [6, 6.07) is -1.00. The summed E-state index contributed by atoms with van der Waals surface area (Å²) in [6.07, 6.45) is -0.506. The number of carbonyl (C=O) groups excluding carboxylic acids is 4. The zero-order valence-electron chi connectivity index (χ0n) is 15.1. The molecular weight excluding hydrogens is 334 g/mol. The van der Waals surface area contributed by atoms with E-state index in [0.717, 1.165) is 11.8 Å². The minimum atomic E-state index is -1.00. The Bertz CT molecular complexity index is 475. The van der Waals surface area contributed by atoms with E-state index in [2.05, 4.69) is 5.32 Å². The van der Waals surface area contributed by atoms with Gasteiger partial charge in [-0.05, 0) is 34.6 Å². The molecule has 24 heavy (non-hydrogen) atoms. The van der Waals surface area contributed by atoms with Crippen LogP contribution in [0.25, 0.3) is 0 Å². The number of nitrogens with one attached hydrogen (secondary N) is 1. The van der Waals surface area contributed by atoms with Gasteiger partial charge in [-0.3, -0.25) is 14.4 Å². The molecule has 0 aliphatic rings. The van der Waals surface area contributed by atoms with Crippen molar-refractivity contribution in [3.05, 3.63) is 0 Å². The van der Waals surface area contributed by atoms with Crippen LogP contribution < -0.4 is 5.32 Å². The Morgan fingerprint density at radius 2 is 1.71 bits per heavy atom. The van der Waals surface area contributed by atoms with E-state index in [1.807, 2.05) is 0 Å². The highest BCUT2D eigenvalue weighted by Crippen LogP contribution is 2.31. The molecule has 0 heterocycles. The third-order valence-electron chi connectivity index (χ3n) is 2.88.